The number of aromatic nitrogens is 3. The summed E-state index contributed by atoms with van der Waals surface area (Å²) in [5.41, 5.74) is 3.29. The third-order valence-electron chi connectivity index (χ3n) is 6.51. The van der Waals surface area contributed by atoms with Crippen LogP contribution in [0.2, 0.25) is 0 Å². The van der Waals surface area contributed by atoms with Crippen LogP contribution in [-0.2, 0) is 0 Å². The van der Waals surface area contributed by atoms with E-state index in [9.17, 15) is 4.79 Å². The SMILES string of the molecule is Cc1cc(Nc2ncnc3cnc(N4CCNCC4)cc23)ccc1Oc1ccc(C(=O)NCC(C)(C)C)cc1.Cl. The van der Waals surface area contributed by atoms with Crippen LogP contribution in [0.1, 0.15) is 36.7 Å². The molecule has 0 bridgehead atoms. The smallest absolute Gasteiger partial charge is 0.251 e. The maximum absolute atomic E-state index is 12.4. The number of amides is 1. The molecule has 0 unspecified atom stereocenters. The molecule has 40 heavy (non-hydrogen) atoms. The van der Waals surface area contributed by atoms with Gasteiger partial charge in [-0.1, -0.05) is 20.8 Å². The van der Waals surface area contributed by atoms with Gasteiger partial charge in [-0.25, -0.2) is 15.0 Å². The molecule has 0 saturated carbocycles. The highest BCUT2D eigenvalue weighted by molar-refractivity contribution is 5.94. The number of nitrogens with one attached hydrogen (secondary N) is 3. The van der Waals surface area contributed by atoms with E-state index in [0.717, 1.165) is 65.7 Å². The van der Waals surface area contributed by atoms with Crippen molar-refractivity contribution < 1.29 is 9.53 Å². The summed E-state index contributed by atoms with van der Waals surface area (Å²) in [4.78, 5) is 28.2. The molecule has 10 heteroatoms. The first-order chi connectivity index (χ1) is 18.7. The van der Waals surface area contributed by atoms with Gasteiger partial charge in [0.1, 0.15) is 29.5 Å². The van der Waals surface area contributed by atoms with Crippen LogP contribution < -0.4 is 25.6 Å². The number of hydrogen-bond acceptors (Lipinski definition) is 8. The van der Waals surface area contributed by atoms with E-state index in [0.29, 0.717) is 17.9 Å². The number of anilines is 3. The molecule has 1 fully saturated rings. The maximum atomic E-state index is 12.4. The standard InChI is InChI=1S/C30H35N7O2.ClH/c1-20-15-22(7-10-26(20)39-23-8-5-21(6-9-23)29(38)33-18-30(2,3)4)36-28-24-16-27(37-13-11-31-12-14-37)32-17-25(24)34-19-35-28;/h5-10,15-17,19,31H,11-14,18H2,1-4H3,(H,33,38)(H,34,35,36);1H. The molecule has 1 saturated heterocycles. The quantitative estimate of drug-likeness (QED) is 0.273. The monoisotopic (exact) mass is 561 g/mol. The maximum Gasteiger partial charge on any atom is 0.251 e. The molecule has 3 N–H and O–H groups in total. The molecule has 0 atom stereocenters. The van der Waals surface area contributed by atoms with Crippen molar-refractivity contribution in [3.05, 3.63) is 72.2 Å². The summed E-state index contributed by atoms with van der Waals surface area (Å²) >= 11 is 0. The highest BCUT2D eigenvalue weighted by Crippen LogP contribution is 2.30. The number of carbonyl (C=O) groups is 1. The Kier molecular flexibility index (Phi) is 9.07. The molecular weight excluding hydrogens is 526 g/mol. The minimum absolute atomic E-state index is 0. The lowest BCUT2D eigenvalue weighted by Crippen LogP contribution is -2.43. The predicted octanol–water partition coefficient (Wildman–Crippen LogP) is 5.48. The Balaban J connectivity index is 0.00000370. The second-order valence-electron chi connectivity index (χ2n) is 11.0. The molecule has 210 valence electrons. The lowest BCUT2D eigenvalue weighted by Gasteiger charge is -2.28. The third kappa shape index (κ3) is 7.16. The first-order valence-corrected chi connectivity index (χ1v) is 13.3. The van der Waals surface area contributed by atoms with Gasteiger partial charge in [-0.3, -0.25) is 4.79 Å². The Morgan fingerprint density at radius 2 is 1.77 bits per heavy atom. The van der Waals surface area contributed by atoms with Crippen LogP contribution in [0.15, 0.2) is 61.1 Å². The average Bonchev–Trinajstić information content (AvgIpc) is 2.94. The molecule has 5 rings (SSSR count). The summed E-state index contributed by atoms with van der Waals surface area (Å²) in [6, 6.07) is 15.2. The zero-order valence-corrected chi connectivity index (χ0v) is 24.1. The van der Waals surface area contributed by atoms with Crippen LogP contribution in [0, 0.1) is 12.3 Å². The topological polar surface area (TPSA) is 104 Å². The second-order valence-corrected chi connectivity index (χ2v) is 11.0. The Labute approximate surface area is 241 Å². The number of piperazine rings is 1. The van der Waals surface area contributed by atoms with Crippen LogP contribution >= 0.6 is 12.4 Å². The van der Waals surface area contributed by atoms with E-state index in [4.69, 9.17) is 4.74 Å². The summed E-state index contributed by atoms with van der Waals surface area (Å²) in [7, 11) is 0. The lowest BCUT2D eigenvalue weighted by molar-refractivity contribution is 0.0939. The average molecular weight is 562 g/mol. The van der Waals surface area contributed by atoms with E-state index in [1.807, 2.05) is 37.3 Å². The van der Waals surface area contributed by atoms with Gasteiger partial charge in [-0.15, -0.1) is 12.4 Å². The molecule has 1 amide bonds. The molecule has 1 aliphatic heterocycles. The summed E-state index contributed by atoms with van der Waals surface area (Å²) in [5.74, 6) is 2.98. The van der Waals surface area contributed by atoms with E-state index in [1.165, 1.54) is 0 Å². The number of nitrogens with zero attached hydrogens (tertiary/aromatic N) is 4. The summed E-state index contributed by atoms with van der Waals surface area (Å²) in [5, 5.41) is 10.7. The summed E-state index contributed by atoms with van der Waals surface area (Å²) in [6.45, 7) is 12.6. The summed E-state index contributed by atoms with van der Waals surface area (Å²) < 4.78 is 6.11. The highest BCUT2D eigenvalue weighted by atomic mass is 35.5. The van der Waals surface area contributed by atoms with Crippen molar-refractivity contribution in [1.82, 2.24) is 25.6 Å². The number of aryl methyl sites for hydroxylation is 1. The number of carbonyl (C=O) groups excluding carboxylic acids is 1. The van der Waals surface area contributed by atoms with Crippen LogP contribution in [0.4, 0.5) is 17.3 Å². The number of hydrogen-bond donors (Lipinski definition) is 3. The van der Waals surface area contributed by atoms with E-state index in [-0.39, 0.29) is 23.7 Å². The van der Waals surface area contributed by atoms with Crippen molar-refractivity contribution in [2.45, 2.75) is 27.7 Å². The van der Waals surface area contributed by atoms with E-state index >= 15 is 0 Å². The minimum Gasteiger partial charge on any atom is -0.457 e. The van der Waals surface area contributed by atoms with Gasteiger partial charge < -0.3 is 25.6 Å². The van der Waals surface area contributed by atoms with Crippen molar-refractivity contribution in [1.29, 1.82) is 0 Å². The lowest BCUT2D eigenvalue weighted by atomic mass is 9.97. The van der Waals surface area contributed by atoms with Crippen LogP contribution in [0.25, 0.3) is 10.9 Å². The number of benzene rings is 2. The van der Waals surface area contributed by atoms with Crippen LogP contribution in [0.3, 0.4) is 0 Å². The number of pyridine rings is 1. The molecule has 2 aromatic carbocycles. The van der Waals surface area contributed by atoms with Gasteiger partial charge in [0.2, 0.25) is 0 Å². The Bertz CT molecular complexity index is 1470. The Morgan fingerprint density at radius 1 is 1.02 bits per heavy atom. The van der Waals surface area contributed by atoms with Crippen molar-refractivity contribution in [2.75, 3.05) is 42.9 Å². The zero-order valence-electron chi connectivity index (χ0n) is 23.3. The molecule has 1 aliphatic rings. The van der Waals surface area contributed by atoms with Crippen LogP contribution in [-0.4, -0.2) is 53.6 Å². The number of halogens is 1. The number of ether oxygens (including phenoxy) is 1. The van der Waals surface area contributed by atoms with Crippen molar-refractivity contribution in [2.24, 2.45) is 5.41 Å². The van der Waals surface area contributed by atoms with Crippen molar-refractivity contribution in [3.8, 4) is 11.5 Å². The molecule has 0 aliphatic carbocycles. The summed E-state index contributed by atoms with van der Waals surface area (Å²) in [6.07, 6.45) is 3.36. The van der Waals surface area contributed by atoms with Gasteiger partial charge in [-0.05, 0) is 66.4 Å². The molecule has 9 nitrogen and oxygen atoms in total. The molecule has 0 spiro atoms. The largest absolute Gasteiger partial charge is 0.457 e. The fraction of sp³-hybridized carbons (Fsp3) is 0.333. The van der Waals surface area contributed by atoms with Crippen LogP contribution in [0.5, 0.6) is 11.5 Å². The Hall–Kier alpha value is -3.95. The van der Waals surface area contributed by atoms with Gasteiger partial charge in [0.25, 0.3) is 5.91 Å². The molecule has 0 radical (unpaired) electrons. The van der Waals surface area contributed by atoms with Gasteiger partial charge in [0, 0.05) is 49.4 Å². The zero-order chi connectivity index (χ0) is 27.4. The fourth-order valence-corrected chi connectivity index (χ4v) is 4.34. The number of fused-ring (bicyclic) bond motifs is 1. The molecule has 2 aromatic heterocycles. The van der Waals surface area contributed by atoms with E-state index in [2.05, 4.69) is 62.6 Å². The fourth-order valence-electron chi connectivity index (χ4n) is 4.34. The third-order valence-corrected chi connectivity index (χ3v) is 6.51. The minimum atomic E-state index is -0.0869. The predicted molar refractivity (Wildman–Crippen MR) is 162 cm³/mol. The number of rotatable bonds is 7. The Morgan fingerprint density at radius 3 is 2.48 bits per heavy atom. The molecular formula is C30H36ClN7O2. The van der Waals surface area contributed by atoms with Crippen molar-refractivity contribution in [3.63, 3.8) is 0 Å². The van der Waals surface area contributed by atoms with E-state index < -0.39 is 0 Å². The molecule has 3 heterocycles. The van der Waals surface area contributed by atoms with E-state index in [1.54, 1.807) is 24.7 Å². The van der Waals surface area contributed by atoms with Gasteiger partial charge in [0.05, 0.1) is 11.7 Å². The first-order valence-electron chi connectivity index (χ1n) is 13.3. The van der Waals surface area contributed by atoms with Gasteiger partial charge in [0.15, 0.2) is 0 Å². The van der Waals surface area contributed by atoms with Crippen molar-refractivity contribution >= 4 is 46.5 Å². The second kappa shape index (κ2) is 12.5. The first kappa shape index (κ1) is 29.0. The molecule has 4 aromatic rings. The van der Waals surface area contributed by atoms with Gasteiger partial charge in [-0.2, -0.15) is 0 Å². The normalized spacial score (nSPS) is 13.4. The highest BCUT2D eigenvalue weighted by Gasteiger charge is 2.15. The van der Waals surface area contributed by atoms with Gasteiger partial charge >= 0.3 is 0 Å².